The molecule has 4 rings (SSSR count). The third kappa shape index (κ3) is 4.61. The lowest BCUT2D eigenvalue weighted by atomic mass is 10.0. The minimum atomic E-state index is 0.0276. The molecule has 0 bridgehead atoms. The van der Waals surface area contributed by atoms with Gasteiger partial charge in [-0.2, -0.15) is 0 Å². The Morgan fingerprint density at radius 2 is 1.83 bits per heavy atom. The van der Waals surface area contributed by atoms with Gasteiger partial charge in [0.25, 0.3) is 5.91 Å². The van der Waals surface area contributed by atoms with E-state index in [1.165, 1.54) is 0 Å². The maximum absolute atomic E-state index is 13.0. The van der Waals surface area contributed by atoms with Gasteiger partial charge in [0.15, 0.2) is 0 Å². The Morgan fingerprint density at radius 1 is 1.00 bits per heavy atom. The molecule has 29 heavy (non-hydrogen) atoms. The third-order valence-corrected chi connectivity index (χ3v) is 5.74. The number of aryl methyl sites for hydroxylation is 2. The van der Waals surface area contributed by atoms with Gasteiger partial charge in [-0.1, -0.05) is 29.8 Å². The van der Waals surface area contributed by atoms with Gasteiger partial charge in [-0.25, -0.2) is 0 Å². The van der Waals surface area contributed by atoms with Crippen molar-refractivity contribution in [1.82, 2.24) is 9.80 Å². The lowest BCUT2D eigenvalue weighted by molar-refractivity contribution is -0.130. The van der Waals surface area contributed by atoms with Crippen molar-refractivity contribution in [2.75, 3.05) is 26.2 Å². The van der Waals surface area contributed by atoms with Crippen LogP contribution in [-0.4, -0.2) is 47.9 Å². The summed E-state index contributed by atoms with van der Waals surface area (Å²) in [5.41, 5.74) is 3.91. The van der Waals surface area contributed by atoms with Crippen molar-refractivity contribution in [3.05, 3.63) is 64.7 Å². The Labute approximate surface area is 172 Å². The van der Waals surface area contributed by atoms with Gasteiger partial charge in [0.1, 0.15) is 12.4 Å². The van der Waals surface area contributed by atoms with Crippen molar-refractivity contribution in [3.63, 3.8) is 0 Å². The van der Waals surface area contributed by atoms with Gasteiger partial charge in [0.2, 0.25) is 5.91 Å². The minimum Gasteiger partial charge on any atom is -0.491 e. The van der Waals surface area contributed by atoms with E-state index in [0.29, 0.717) is 38.1 Å². The molecule has 0 radical (unpaired) electrons. The first-order valence-corrected chi connectivity index (χ1v) is 10.5. The number of likely N-dealkylation sites (tertiary alicyclic amines) is 1. The smallest absolute Gasteiger partial charge is 0.254 e. The maximum atomic E-state index is 13.0. The van der Waals surface area contributed by atoms with E-state index in [4.69, 9.17) is 4.74 Å². The van der Waals surface area contributed by atoms with E-state index < -0.39 is 0 Å². The van der Waals surface area contributed by atoms with E-state index in [1.54, 1.807) is 0 Å². The minimum absolute atomic E-state index is 0.0276. The van der Waals surface area contributed by atoms with E-state index in [0.717, 1.165) is 48.4 Å². The summed E-state index contributed by atoms with van der Waals surface area (Å²) in [6, 6.07) is 13.8. The number of amides is 2. The Morgan fingerprint density at radius 3 is 2.62 bits per heavy atom. The summed E-state index contributed by atoms with van der Waals surface area (Å²) in [4.78, 5) is 29.1. The van der Waals surface area contributed by atoms with Gasteiger partial charge < -0.3 is 14.5 Å². The Hall–Kier alpha value is -2.82. The fraction of sp³-hybridized carbons (Fsp3) is 0.417. The molecular formula is C24H28N2O3. The Kier molecular flexibility index (Phi) is 5.84. The molecule has 2 aliphatic heterocycles. The largest absolute Gasteiger partial charge is 0.491 e. The second-order valence-corrected chi connectivity index (χ2v) is 7.97. The van der Waals surface area contributed by atoms with Crippen LogP contribution in [0.3, 0.4) is 0 Å². The highest BCUT2D eigenvalue weighted by atomic mass is 16.5. The van der Waals surface area contributed by atoms with Crippen LogP contribution in [0.15, 0.2) is 42.5 Å². The lowest BCUT2D eigenvalue weighted by Crippen LogP contribution is -2.32. The quantitative estimate of drug-likeness (QED) is 0.799. The van der Waals surface area contributed by atoms with E-state index in [9.17, 15) is 9.59 Å². The van der Waals surface area contributed by atoms with Crippen LogP contribution in [0.4, 0.5) is 0 Å². The predicted octanol–water partition coefficient (Wildman–Crippen LogP) is 3.58. The number of hydrogen-bond donors (Lipinski definition) is 0. The summed E-state index contributed by atoms with van der Waals surface area (Å²) in [6.45, 7) is 5.35. The highest BCUT2D eigenvalue weighted by Gasteiger charge is 2.22. The Bertz CT molecular complexity index is 903. The molecular weight excluding hydrogens is 364 g/mol. The second kappa shape index (κ2) is 8.68. The summed E-state index contributed by atoms with van der Waals surface area (Å²) in [6.07, 6.45) is 3.49. The van der Waals surface area contributed by atoms with E-state index >= 15 is 0 Å². The molecule has 5 heteroatoms. The number of carbonyl (C=O) groups is 2. The fourth-order valence-electron chi connectivity index (χ4n) is 4.11. The van der Waals surface area contributed by atoms with Crippen LogP contribution in [0.2, 0.25) is 0 Å². The van der Waals surface area contributed by atoms with Crippen LogP contribution in [0, 0.1) is 6.92 Å². The maximum Gasteiger partial charge on any atom is 0.254 e. The van der Waals surface area contributed by atoms with Gasteiger partial charge in [-0.05, 0) is 49.9 Å². The first-order valence-electron chi connectivity index (χ1n) is 10.5. The molecule has 0 unspecified atom stereocenters. The van der Waals surface area contributed by atoms with Crippen LogP contribution in [0.1, 0.15) is 46.3 Å². The summed E-state index contributed by atoms with van der Waals surface area (Å²) >= 11 is 0. The van der Waals surface area contributed by atoms with Gasteiger partial charge >= 0.3 is 0 Å². The average Bonchev–Trinajstić information content (AvgIpc) is 3.18. The molecule has 2 aliphatic rings. The normalized spacial score (nSPS) is 16.2. The average molecular weight is 392 g/mol. The molecule has 1 saturated heterocycles. The highest BCUT2D eigenvalue weighted by molar-refractivity contribution is 5.94. The topological polar surface area (TPSA) is 49.9 Å². The summed E-state index contributed by atoms with van der Waals surface area (Å²) in [5.74, 6) is 1.10. The van der Waals surface area contributed by atoms with Crippen molar-refractivity contribution in [2.24, 2.45) is 0 Å². The van der Waals surface area contributed by atoms with Crippen molar-refractivity contribution < 1.29 is 14.3 Å². The van der Waals surface area contributed by atoms with Crippen molar-refractivity contribution >= 4 is 11.8 Å². The summed E-state index contributed by atoms with van der Waals surface area (Å²) < 4.78 is 5.88. The van der Waals surface area contributed by atoms with Crippen LogP contribution in [-0.2, 0) is 17.8 Å². The molecule has 0 spiro atoms. The molecule has 2 aromatic rings. The standard InChI is InChI=1S/C24H28N2O3/c1-18-5-4-6-20(15-18)24(28)26-13-14-29-22-9-7-19(16-21(22)17-26)8-10-23(27)25-11-2-3-12-25/h4-7,9,15-16H,2-3,8,10-14,17H2,1H3. The molecule has 2 heterocycles. The number of hydrogen-bond acceptors (Lipinski definition) is 3. The van der Waals surface area contributed by atoms with Crippen molar-refractivity contribution in [3.8, 4) is 5.75 Å². The number of benzene rings is 2. The van der Waals surface area contributed by atoms with Gasteiger partial charge in [0, 0.05) is 37.2 Å². The summed E-state index contributed by atoms with van der Waals surface area (Å²) in [5, 5.41) is 0. The highest BCUT2D eigenvalue weighted by Crippen LogP contribution is 2.26. The number of nitrogens with zero attached hydrogens (tertiary/aromatic N) is 2. The Balaban J connectivity index is 1.45. The van der Waals surface area contributed by atoms with Gasteiger partial charge in [-0.15, -0.1) is 0 Å². The zero-order valence-electron chi connectivity index (χ0n) is 17.0. The molecule has 2 aromatic carbocycles. The van der Waals surface area contributed by atoms with Crippen LogP contribution >= 0.6 is 0 Å². The first-order chi connectivity index (χ1) is 14.1. The fourth-order valence-corrected chi connectivity index (χ4v) is 4.11. The number of ether oxygens (including phenoxy) is 1. The molecule has 0 atom stereocenters. The van der Waals surface area contributed by atoms with E-state index in [1.807, 2.05) is 53.1 Å². The monoisotopic (exact) mass is 392 g/mol. The van der Waals surface area contributed by atoms with Gasteiger partial charge in [0.05, 0.1) is 6.54 Å². The van der Waals surface area contributed by atoms with Crippen LogP contribution in [0.5, 0.6) is 5.75 Å². The number of carbonyl (C=O) groups excluding carboxylic acids is 2. The molecule has 0 aromatic heterocycles. The van der Waals surface area contributed by atoms with E-state index in [-0.39, 0.29) is 11.8 Å². The van der Waals surface area contributed by atoms with Crippen LogP contribution in [0.25, 0.3) is 0 Å². The molecule has 152 valence electrons. The van der Waals surface area contributed by atoms with Crippen molar-refractivity contribution in [2.45, 2.75) is 39.2 Å². The third-order valence-electron chi connectivity index (χ3n) is 5.74. The van der Waals surface area contributed by atoms with E-state index in [2.05, 4.69) is 6.07 Å². The van der Waals surface area contributed by atoms with Gasteiger partial charge in [-0.3, -0.25) is 9.59 Å². The lowest BCUT2D eigenvalue weighted by Gasteiger charge is -2.20. The zero-order valence-corrected chi connectivity index (χ0v) is 17.0. The van der Waals surface area contributed by atoms with Crippen LogP contribution < -0.4 is 4.74 Å². The molecule has 0 saturated carbocycles. The first kappa shape index (κ1) is 19.5. The van der Waals surface area contributed by atoms with Crippen molar-refractivity contribution in [1.29, 1.82) is 0 Å². The molecule has 2 amide bonds. The molecule has 0 N–H and O–H groups in total. The molecule has 0 aliphatic carbocycles. The summed E-state index contributed by atoms with van der Waals surface area (Å²) in [7, 11) is 0. The SMILES string of the molecule is Cc1cccc(C(=O)N2CCOc3ccc(CCC(=O)N4CCCC4)cc3C2)c1. The second-order valence-electron chi connectivity index (χ2n) is 7.97. The predicted molar refractivity (Wildman–Crippen MR) is 112 cm³/mol. The molecule has 5 nitrogen and oxygen atoms in total. The number of rotatable bonds is 4. The molecule has 1 fully saturated rings. The zero-order chi connectivity index (χ0) is 20.2. The number of fused-ring (bicyclic) bond motifs is 1.